The van der Waals surface area contributed by atoms with E-state index in [-0.39, 0.29) is 36.7 Å². The number of aliphatic carboxylic acids is 1. The summed E-state index contributed by atoms with van der Waals surface area (Å²) in [6.07, 6.45) is -0.360. The molecule has 4 rings (SSSR count). The van der Waals surface area contributed by atoms with E-state index in [4.69, 9.17) is 9.84 Å². The van der Waals surface area contributed by atoms with E-state index < -0.39 is 12.1 Å². The van der Waals surface area contributed by atoms with Crippen molar-refractivity contribution in [3.8, 4) is 11.1 Å². The molecule has 1 fully saturated rings. The molecule has 1 heterocycles. The summed E-state index contributed by atoms with van der Waals surface area (Å²) in [5.41, 5.74) is 4.73. The number of hydrogen-bond acceptors (Lipinski definition) is 5. The van der Waals surface area contributed by atoms with Gasteiger partial charge in [0.1, 0.15) is 6.61 Å². The van der Waals surface area contributed by atoms with E-state index in [9.17, 15) is 14.4 Å². The van der Waals surface area contributed by atoms with Gasteiger partial charge in [0.05, 0.1) is 12.2 Å². The monoisotopic (exact) mass is 482 g/mol. The molecule has 1 aliphatic carbocycles. The van der Waals surface area contributed by atoms with E-state index in [1.165, 1.54) is 34.0 Å². The molecule has 1 saturated heterocycles. The molecule has 2 amide bonds. The van der Waals surface area contributed by atoms with Crippen molar-refractivity contribution in [3.63, 3.8) is 0 Å². The van der Waals surface area contributed by atoms with Gasteiger partial charge in [0.2, 0.25) is 5.91 Å². The maximum absolute atomic E-state index is 12.4. The van der Waals surface area contributed by atoms with Crippen LogP contribution in [-0.4, -0.2) is 65.7 Å². The standard InChI is InChI=1S/C26H30N2O5S/c1-17-13-28(14-18(17)12-25(30)31)24(29)16-34-11-10-27-26(32)33-15-23-21-8-4-2-6-19(21)20-7-3-5-9-22(20)23/h2-9,17-18,23H,10-16H2,1H3,(H,27,32)(H,30,31). The van der Waals surface area contributed by atoms with Gasteiger partial charge in [-0.15, -0.1) is 0 Å². The second kappa shape index (κ2) is 11.0. The topological polar surface area (TPSA) is 95.9 Å². The van der Waals surface area contributed by atoms with Gasteiger partial charge in [0, 0.05) is 31.3 Å². The number of carboxylic acid groups (broad SMARTS) is 1. The molecule has 2 N–H and O–H groups in total. The summed E-state index contributed by atoms with van der Waals surface area (Å²) in [4.78, 5) is 37.3. The molecule has 0 radical (unpaired) electrons. The molecular formula is C26H30N2O5S. The number of alkyl carbamates (subject to hydrolysis) is 1. The van der Waals surface area contributed by atoms with E-state index in [0.29, 0.717) is 31.1 Å². The number of nitrogens with one attached hydrogen (secondary N) is 1. The lowest BCUT2D eigenvalue weighted by molar-refractivity contribution is -0.138. The number of likely N-dealkylation sites (tertiary alicyclic amines) is 1. The van der Waals surface area contributed by atoms with Crippen LogP contribution in [0.2, 0.25) is 0 Å². The van der Waals surface area contributed by atoms with Crippen molar-refractivity contribution in [2.45, 2.75) is 19.3 Å². The van der Waals surface area contributed by atoms with Crippen LogP contribution in [0.3, 0.4) is 0 Å². The molecule has 2 aromatic rings. The molecule has 1 aliphatic heterocycles. The third-order valence-corrected chi connectivity index (χ3v) is 7.59. The maximum Gasteiger partial charge on any atom is 0.407 e. The summed E-state index contributed by atoms with van der Waals surface area (Å²) >= 11 is 1.45. The number of carbonyl (C=O) groups excluding carboxylic acids is 2. The van der Waals surface area contributed by atoms with Gasteiger partial charge >= 0.3 is 12.1 Å². The van der Waals surface area contributed by atoms with Gasteiger partial charge in [-0.3, -0.25) is 9.59 Å². The minimum absolute atomic E-state index is 0.0154. The fourth-order valence-corrected chi connectivity index (χ4v) is 5.60. The van der Waals surface area contributed by atoms with Gasteiger partial charge in [-0.2, -0.15) is 11.8 Å². The molecule has 8 heteroatoms. The SMILES string of the molecule is CC1CN(C(=O)CSCCNC(=O)OCC2c3ccccc3-c3ccccc32)CC1CC(=O)O. The van der Waals surface area contributed by atoms with Gasteiger partial charge in [-0.1, -0.05) is 55.5 Å². The maximum atomic E-state index is 12.4. The Hall–Kier alpha value is -3.00. The number of rotatable bonds is 9. The Bertz CT molecular complexity index is 1010. The van der Waals surface area contributed by atoms with Crippen LogP contribution in [0.4, 0.5) is 4.79 Å². The van der Waals surface area contributed by atoms with Crippen LogP contribution in [0.5, 0.6) is 0 Å². The lowest BCUT2D eigenvalue weighted by Crippen LogP contribution is -2.31. The Morgan fingerprint density at radius 3 is 2.35 bits per heavy atom. The second-order valence-electron chi connectivity index (χ2n) is 8.94. The average molecular weight is 483 g/mol. The molecule has 0 spiro atoms. The molecule has 0 bridgehead atoms. The molecule has 0 saturated carbocycles. The average Bonchev–Trinajstić information content (AvgIpc) is 3.34. The molecule has 2 unspecified atom stereocenters. The molecular weight excluding hydrogens is 452 g/mol. The first-order chi connectivity index (χ1) is 16.4. The molecule has 0 aromatic heterocycles. The number of thioether (sulfide) groups is 1. The van der Waals surface area contributed by atoms with Crippen LogP contribution in [-0.2, 0) is 14.3 Å². The predicted molar refractivity (Wildman–Crippen MR) is 132 cm³/mol. The Balaban J connectivity index is 1.16. The van der Waals surface area contributed by atoms with Crippen LogP contribution in [0.15, 0.2) is 48.5 Å². The molecule has 2 aliphatic rings. The highest BCUT2D eigenvalue weighted by Gasteiger charge is 2.33. The van der Waals surface area contributed by atoms with Crippen LogP contribution < -0.4 is 5.32 Å². The summed E-state index contributed by atoms with van der Waals surface area (Å²) in [6, 6.07) is 16.4. The Morgan fingerprint density at radius 2 is 1.71 bits per heavy atom. The fraction of sp³-hybridized carbons (Fsp3) is 0.423. The lowest BCUT2D eigenvalue weighted by Gasteiger charge is -2.16. The van der Waals surface area contributed by atoms with Gasteiger partial charge < -0.3 is 20.1 Å². The van der Waals surface area contributed by atoms with Gasteiger partial charge in [-0.25, -0.2) is 4.79 Å². The molecule has 7 nitrogen and oxygen atoms in total. The Labute approximate surface area is 203 Å². The summed E-state index contributed by atoms with van der Waals surface area (Å²) in [7, 11) is 0. The number of benzene rings is 2. The Kier molecular flexibility index (Phi) is 7.77. The zero-order valence-corrected chi connectivity index (χ0v) is 20.1. The van der Waals surface area contributed by atoms with E-state index in [1.807, 2.05) is 31.2 Å². The van der Waals surface area contributed by atoms with Gasteiger partial charge in [0.15, 0.2) is 0 Å². The second-order valence-corrected chi connectivity index (χ2v) is 10.0. The quantitative estimate of drug-likeness (QED) is 0.528. The predicted octanol–water partition coefficient (Wildman–Crippen LogP) is 3.83. The number of nitrogens with zero attached hydrogens (tertiary/aromatic N) is 1. The van der Waals surface area contributed by atoms with Crippen molar-refractivity contribution in [1.29, 1.82) is 0 Å². The summed E-state index contributed by atoms with van der Waals surface area (Å²) in [6.45, 7) is 3.79. The van der Waals surface area contributed by atoms with Crippen molar-refractivity contribution < 1.29 is 24.2 Å². The van der Waals surface area contributed by atoms with Crippen molar-refractivity contribution in [1.82, 2.24) is 10.2 Å². The first-order valence-corrected chi connectivity index (χ1v) is 12.8. The summed E-state index contributed by atoms with van der Waals surface area (Å²) in [5.74, 6) is 0.349. The van der Waals surface area contributed by atoms with Crippen LogP contribution in [0.25, 0.3) is 11.1 Å². The zero-order valence-electron chi connectivity index (χ0n) is 19.2. The third kappa shape index (κ3) is 5.55. The first-order valence-electron chi connectivity index (χ1n) is 11.6. The van der Waals surface area contributed by atoms with Crippen LogP contribution in [0, 0.1) is 11.8 Å². The van der Waals surface area contributed by atoms with Crippen LogP contribution in [0.1, 0.15) is 30.4 Å². The zero-order chi connectivity index (χ0) is 24.1. The first kappa shape index (κ1) is 24.1. The molecule has 2 atom stereocenters. The summed E-state index contributed by atoms with van der Waals surface area (Å²) in [5, 5.41) is 11.8. The third-order valence-electron chi connectivity index (χ3n) is 6.64. The van der Waals surface area contributed by atoms with Crippen LogP contribution >= 0.6 is 11.8 Å². The van der Waals surface area contributed by atoms with Crippen molar-refractivity contribution in [2.75, 3.05) is 37.7 Å². The van der Waals surface area contributed by atoms with Gasteiger partial charge in [-0.05, 0) is 34.1 Å². The highest BCUT2D eigenvalue weighted by atomic mass is 32.2. The normalized spacial score (nSPS) is 18.9. The number of carbonyl (C=O) groups is 3. The highest BCUT2D eigenvalue weighted by molar-refractivity contribution is 7.99. The molecule has 34 heavy (non-hydrogen) atoms. The fourth-order valence-electron chi connectivity index (χ4n) is 4.85. The van der Waals surface area contributed by atoms with Crippen molar-refractivity contribution in [2.24, 2.45) is 11.8 Å². The Morgan fingerprint density at radius 1 is 1.06 bits per heavy atom. The molecule has 180 valence electrons. The number of fused-ring (bicyclic) bond motifs is 3. The van der Waals surface area contributed by atoms with Gasteiger partial charge in [0.25, 0.3) is 0 Å². The number of ether oxygens (including phenoxy) is 1. The van der Waals surface area contributed by atoms with E-state index in [2.05, 4.69) is 29.6 Å². The smallest absolute Gasteiger partial charge is 0.407 e. The number of hydrogen-bond donors (Lipinski definition) is 2. The van der Waals surface area contributed by atoms with E-state index in [0.717, 1.165) is 0 Å². The minimum Gasteiger partial charge on any atom is -0.481 e. The number of amides is 2. The molecule has 2 aromatic carbocycles. The highest BCUT2D eigenvalue weighted by Crippen LogP contribution is 2.44. The van der Waals surface area contributed by atoms with E-state index in [1.54, 1.807) is 4.90 Å². The number of carboxylic acids is 1. The lowest BCUT2D eigenvalue weighted by atomic mass is 9.95. The minimum atomic E-state index is -0.820. The summed E-state index contributed by atoms with van der Waals surface area (Å²) < 4.78 is 5.52. The van der Waals surface area contributed by atoms with Crippen molar-refractivity contribution >= 4 is 29.7 Å². The van der Waals surface area contributed by atoms with Crippen molar-refractivity contribution in [3.05, 3.63) is 59.7 Å². The van der Waals surface area contributed by atoms with E-state index >= 15 is 0 Å². The largest absolute Gasteiger partial charge is 0.481 e.